The van der Waals surface area contributed by atoms with Gasteiger partial charge in [-0.25, -0.2) is 21.9 Å². The van der Waals surface area contributed by atoms with E-state index in [-0.39, 0.29) is 22.5 Å². The first-order valence-electron chi connectivity index (χ1n) is 8.77. The van der Waals surface area contributed by atoms with Crippen molar-refractivity contribution in [2.24, 2.45) is 11.7 Å². The van der Waals surface area contributed by atoms with Crippen molar-refractivity contribution in [1.82, 2.24) is 4.72 Å². The van der Waals surface area contributed by atoms with Gasteiger partial charge in [-0.3, -0.25) is 4.79 Å². The van der Waals surface area contributed by atoms with E-state index in [9.17, 15) is 22.0 Å². The van der Waals surface area contributed by atoms with Crippen molar-refractivity contribution >= 4 is 21.6 Å². The SMILES string of the molecule is COc1cc(NC(=O)[C@@H](N)C2CCCCC2)ccc1S(=O)(=O)NCC(F)F. The van der Waals surface area contributed by atoms with Crippen LogP contribution in [-0.4, -0.2) is 40.4 Å². The summed E-state index contributed by atoms with van der Waals surface area (Å²) in [5.74, 6) is -0.296. The van der Waals surface area contributed by atoms with E-state index in [2.05, 4.69) is 5.32 Å². The zero-order chi connectivity index (χ0) is 20.0. The van der Waals surface area contributed by atoms with Crippen molar-refractivity contribution < 1.29 is 26.7 Å². The van der Waals surface area contributed by atoms with Crippen LogP contribution in [0.25, 0.3) is 0 Å². The van der Waals surface area contributed by atoms with Crippen LogP contribution in [0.4, 0.5) is 14.5 Å². The number of halogens is 2. The van der Waals surface area contributed by atoms with Crippen LogP contribution in [0.1, 0.15) is 32.1 Å². The number of anilines is 1. The number of rotatable bonds is 8. The number of hydrogen-bond acceptors (Lipinski definition) is 5. The van der Waals surface area contributed by atoms with E-state index in [1.54, 1.807) is 4.72 Å². The third-order valence-electron chi connectivity index (χ3n) is 4.61. The van der Waals surface area contributed by atoms with Gasteiger partial charge >= 0.3 is 0 Å². The molecule has 0 spiro atoms. The van der Waals surface area contributed by atoms with E-state index in [1.807, 2.05) is 0 Å². The number of carbonyl (C=O) groups is 1. The highest BCUT2D eigenvalue weighted by Gasteiger charge is 2.27. The monoisotopic (exact) mass is 405 g/mol. The summed E-state index contributed by atoms with van der Waals surface area (Å²) in [7, 11) is -2.92. The van der Waals surface area contributed by atoms with Crippen LogP contribution in [0.5, 0.6) is 5.75 Å². The number of alkyl halides is 2. The van der Waals surface area contributed by atoms with Gasteiger partial charge in [0.05, 0.1) is 19.7 Å². The number of methoxy groups -OCH3 is 1. The number of carbonyl (C=O) groups excluding carboxylic acids is 1. The minimum Gasteiger partial charge on any atom is -0.495 e. The molecule has 1 aromatic rings. The number of benzene rings is 1. The molecule has 0 saturated heterocycles. The third kappa shape index (κ3) is 5.85. The summed E-state index contributed by atoms with van der Waals surface area (Å²) in [6.45, 7) is -1.000. The first-order valence-corrected chi connectivity index (χ1v) is 10.2. The van der Waals surface area contributed by atoms with Gasteiger partial charge in [0, 0.05) is 11.8 Å². The standard InChI is InChI=1S/C17H25F2N3O4S/c1-26-13-9-12(7-8-14(13)27(24,25)21-10-15(18)19)22-17(23)16(20)11-5-3-2-4-6-11/h7-9,11,15-16,21H,2-6,10,20H2,1H3,(H,22,23)/t16-/m0/s1. The smallest absolute Gasteiger partial charge is 0.251 e. The van der Waals surface area contributed by atoms with E-state index >= 15 is 0 Å². The Morgan fingerprint density at radius 3 is 2.56 bits per heavy atom. The second-order valence-electron chi connectivity index (χ2n) is 6.52. The summed E-state index contributed by atoms with van der Waals surface area (Å²) in [5, 5.41) is 2.66. The number of nitrogens with two attached hydrogens (primary N) is 1. The van der Waals surface area contributed by atoms with Crippen molar-refractivity contribution in [2.45, 2.75) is 49.5 Å². The van der Waals surface area contributed by atoms with Gasteiger partial charge in [-0.05, 0) is 30.9 Å². The molecule has 1 aromatic carbocycles. The molecule has 27 heavy (non-hydrogen) atoms. The Bertz CT molecular complexity index is 753. The van der Waals surface area contributed by atoms with Crippen molar-refractivity contribution in [3.05, 3.63) is 18.2 Å². The fourth-order valence-corrected chi connectivity index (χ4v) is 4.31. The minimum atomic E-state index is -4.17. The fourth-order valence-electron chi connectivity index (χ4n) is 3.15. The maximum Gasteiger partial charge on any atom is 0.251 e. The van der Waals surface area contributed by atoms with Gasteiger partial charge < -0.3 is 15.8 Å². The molecule has 1 amide bonds. The lowest BCUT2D eigenvalue weighted by Gasteiger charge is -2.26. The van der Waals surface area contributed by atoms with Gasteiger partial charge in [-0.2, -0.15) is 0 Å². The Balaban J connectivity index is 2.11. The zero-order valence-electron chi connectivity index (χ0n) is 15.1. The average Bonchev–Trinajstić information content (AvgIpc) is 2.66. The predicted molar refractivity (Wildman–Crippen MR) is 97.4 cm³/mol. The van der Waals surface area contributed by atoms with Crippen LogP contribution in [0, 0.1) is 5.92 Å². The van der Waals surface area contributed by atoms with E-state index in [0.717, 1.165) is 32.1 Å². The van der Waals surface area contributed by atoms with Gasteiger partial charge in [0.1, 0.15) is 10.6 Å². The lowest BCUT2D eigenvalue weighted by Crippen LogP contribution is -2.42. The molecule has 1 fully saturated rings. The van der Waals surface area contributed by atoms with Crippen LogP contribution in [0.2, 0.25) is 0 Å². The Kier molecular flexibility index (Phi) is 7.51. The van der Waals surface area contributed by atoms with E-state index in [0.29, 0.717) is 5.69 Å². The Hall–Kier alpha value is -1.78. The van der Waals surface area contributed by atoms with Crippen LogP contribution in [0.15, 0.2) is 23.1 Å². The number of sulfonamides is 1. The lowest BCUT2D eigenvalue weighted by atomic mass is 9.84. The molecule has 1 atom stereocenters. The number of hydrogen-bond donors (Lipinski definition) is 3. The second-order valence-corrected chi connectivity index (χ2v) is 8.26. The maximum absolute atomic E-state index is 12.4. The molecule has 0 aliphatic heterocycles. The van der Waals surface area contributed by atoms with Crippen LogP contribution in [-0.2, 0) is 14.8 Å². The Morgan fingerprint density at radius 1 is 1.30 bits per heavy atom. The van der Waals surface area contributed by atoms with Crippen LogP contribution < -0.4 is 20.5 Å². The average molecular weight is 405 g/mol. The molecule has 0 radical (unpaired) electrons. The highest BCUT2D eigenvalue weighted by Crippen LogP contribution is 2.29. The van der Waals surface area contributed by atoms with E-state index in [1.165, 1.54) is 25.3 Å². The van der Waals surface area contributed by atoms with Crippen molar-refractivity contribution in [3.8, 4) is 5.75 Å². The lowest BCUT2D eigenvalue weighted by molar-refractivity contribution is -0.118. The van der Waals surface area contributed by atoms with Crippen LogP contribution in [0.3, 0.4) is 0 Å². The predicted octanol–water partition coefficient (Wildman–Crippen LogP) is 2.08. The van der Waals surface area contributed by atoms with E-state index in [4.69, 9.17) is 10.5 Å². The largest absolute Gasteiger partial charge is 0.495 e. The third-order valence-corrected chi connectivity index (χ3v) is 6.07. The normalized spacial score (nSPS) is 16.9. The van der Waals surface area contributed by atoms with Gasteiger partial charge in [0.15, 0.2) is 0 Å². The molecule has 1 aliphatic carbocycles. The molecular formula is C17H25F2N3O4S. The first-order chi connectivity index (χ1) is 12.7. The molecule has 0 heterocycles. The highest BCUT2D eigenvalue weighted by molar-refractivity contribution is 7.89. The number of ether oxygens (including phenoxy) is 1. The molecule has 1 saturated carbocycles. The molecule has 7 nitrogen and oxygen atoms in total. The summed E-state index contributed by atoms with van der Waals surface area (Å²) in [6.07, 6.45) is 2.26. The number of nitrogens with one attached hydrogen (secondary N) is 2. The molecule has 152 valence electrons. The van der Waals surface area contributed by atoms with Crippen molar-refractivity contribution in [2.75, 3.05) is 19.0 Å². The molecule has 0 unspecified atom stereocenters. The maximum atomic E-state index is 12.4. The molecule has 0 bridgehead atoms. The highest BCUT2D eigenvalue weighted by atomic mass is 32.2. The summed E-state index contributed by atoms with van der Waals surface area (Å²) < 4.78 is 55.7. The second kappa shape index (κ2) is 9.43. The van der Waals surface area contributed by atoms with Crippen molar-refractivity contribution in [3.63, 3.8) is 0 Å². The molecule has 10 heteroatoms. The minimum absolute atomic E-state index is 0.0687. The van der Waals surface area contributed by atoms with Gasteiger partial charge in [-0.1, -0.05) is 19.3 Å². The molecule has 2 rings (SSSR count). The van der Waals surface area contributed by atoms with Gasteiger partial charge in [0.25, 0.3) is 6.43 Å². The van der Waals surface area contributed by atoms with Crippen molar-refractivity contribution in [1.29, 1.82) is 0 Å². The van der Waals surface area contributed by atoms with E-state index < -0.39 is 29.0 Å². The molecule has 1 aliphatic rings. The quantitative estimate of drug-likeness (QED) is 0.613. The summed E-state index contributed by atoms with van der Waals surface area (Å²) in [6, 6.07) is 3.23. The van der Waals surface area contributed by atoms with Gasteiger partial charge in [-0.15, -0.1) is 0 Å². The Labute approximate surface area is 157 Å². The molecule has 4 N–H and O–H groups in total. The summed E-state index contributed by atoms with van der Waals surface area (Å²) in [4.78, 5) is 12.1. The van der Waals surface area contributed by atoms with Gasteiger partial charge in [0.2, 0.25) is 15.9 Å². The molecular weight excluding hydrogens is 380 g/mol. The number of amides is 1. The first kappa shape index (κ1) is 21.5. The molecule has 0 aromatic heterocycles. The Morgan fingerprint density at radius 2 is 1.96 bits per heavy atom. The fraction of sp³-hybridized carbons (Fsp3) is 0.588. The summed E-state index contributed by atoms with van der Waals surface area (Å²) in [5.41, 5.74) is 6.37. The summed E-state index contributed by atoms with van der Waals surface area (Å²) >= 11 is 0. The zero-order valence-corrected chi connectivity index (χ0v) is 15.9. The van der Waals surface area contributed by atoms with Crippen LogP contribution >= 0.6 is 0 Å². The topological polar surface area (TPSA) is 111 Å².